The molecule has 3 heterocycles. The van der Waals surface area contributed by atoms with Crippen LogP contribution in [0.15, 0.2) is 132 Å². The van der Waals surface area contributed by atoms with Gasteiger partial charge in [-0.3, -0.25) is 0 Å². The summed E-state index contributed by atoms with van der Waals surface area (Å²) in [6.07, 6.45) is 0. The standard InChI is InChI=1S/C48H40BN2O/c1-47(2,3)30-15-18-32(19-16-30)50-38-26-29-12-8-7-11-28(29)25-36(38)33-20-21-35-43-40(23-24-42-44(43)34-13-9-10-14-41(34)52-42)51-39-22-17-31(48(4,5)6)27-37(39)49-45(33)46(35)51/h7-27,50H,1-6H3. The lowest BCUT2D eigenvalue weighted by atomic mass is 9.58. The number of hydrogen-bond acceptors (Lipinski definition) is 2. The van der Waals surface area contributed by atoms with Crippen LogP contribution in [0.3, 0.4) is 0 Å². The minimum atomic E-state index is 0.0244. The van der Waals surface area contributed by atoms with E-state index in [1.165, 1.54) is 76.8 Å². The van der Waals surface area contributed by atoms with Crippen LogP contribution in [-0.2, 0) is 10.8 Å². The van der Waals surface area contributed by atoms with Crippen molar-refractivity contribution >= 4 is 84.1 Å². The molecule has 9 aromatic rings. The van der Waals surface area contributed by atoms with Gasteiger partial charge in [0.25, 0.3) is 0 Å². The van der Waals surface area contributed by atoms with Crippen LogP contribution in [0, 0.1) is 0 Å². The molecule has 0 atom stereocenters. The zero-order valence-electron chi connectivity index (χ0n) is 30.6. The van der Waals surface area contributed by atoms with E-state index in [0.717, 1.165) is 27.9 Å². The lowest BCUT2D eigenvalue weighted by molar-refractivity contribution is 0.590. The van der Waals surface area contributed by atoms with Crippen molar-refractivity contribution < 1.29 is 4.42 Å². The molecule has 0 aliphatic carbocycles. The predicted molar refractivity (Wildman–Crippen MR) is 223 cm³/mol. The van der Waals surface area contributed by atoms with E-state index in [1.807, 2.05) is 0 Å². The Morgan fingerprint density at radius 3 is 2.06 bits per heavy atom. The Labute approximate surface area is 305 Å². The van der Waals surface area contributed by atoms with Crippen molar-refractivity contribution in [3.63, 3.8) is 0 Å². The first-order valence-corrected chi connectivity index (χ1v) is 18.3. The van der Waals surface area contributed by atoms with Gasteiger partial charge in [-0.05, 0) is 92.3 Å². The van der Waals surface area contributed by atoms with E-state index in [2.05, 4.69) is 186 Å². The molecule has 7 aromatic carbocycles. The monoisotopic (exact) mass is 671 g/mol. The largest absolute Gasteiger partial charge is 0.456 e. The molecule has 2 aromatic heterocycles. The molecule has 0 fully saturated rings. The van der Waals surface area contributed by atoms with Crippen LogP contribution < -0.4 is 16.2 Å². The minimum absolute atomic E-state index is 0.0244. The summed E-state index contributed by atoms with van der Waals surface area (Å²) in [4.78, 5) is 0. The van der Waals surface area contributed by atoms with E-state index in [9.17, 15) is 0 Å². The molecule has 0 saturated heterocycles. The molecule has 0 bridgehead atoms. The second-order valence-electron chi connectivity index (χ2n) is 16.6. The average molecular weight is 672 g/mol. The summed E-state index contributed by atoms with van der Waals surface area (Å²) in [7, 11) is 2.43. The van der Waals surface area contributed by atoms with Crippen molar-refractivity contribution in [1.29, 1.82) is 0 Å². The van der Waals surface area contributed by atoms with Gasteiger partial charge in [0.15, 0.2) is 7.28 Å². The number of fused-ring (bicyclic) bond motifs is 10. The van der Waals surface area contributed by atoms with Gasteiger partial charge in [-0.1, -0.05) is 126 Å². The number of furan rings is 1. The summed E-state index contributed by atoms with van der Waals surface area (Å²) >= 11 is 0. The van der Waals surface area contributed by atoms with Crippen LogP contribution in [0.25, 0.3) is 71.3 Å². The normalized spacial score (nSPS) is 13.0. The highest BCUT2D eigenvalue weighted by atomic mass is 16.3. The van der Waals surface area contributed by atoms with Gasteiger partial charge in [0, 0.05) is 49.7 Å². The third kappa shape index (κ3) is 4.67. The zero-order chi connectivity index (χ0) is 35.5. The van der Waals surface area contributed by atoms with Gasteiger partial charge in [-0.2, -0.15) is 0 Å². The number of nitrogens with zero attached hydrogens (tertiary/aromatic N) is 1. The van der Waals surface area contributed by atoms with Gasteiger partial charge in [0.05, 0.1) is 5.52 Å². The maximum Gasteiger partial charge on any atom is 0.197 e. The molecule has 52 heavy (non-hydrogen) atoms. The Kier molecular flexibility index (Phi) is 6.50. The van der Waals surface area contributed by atoms with Crippen molar-refractivity contribution in [2.45, 2.75) is 52.4 Å². The first kappa shape index (κ1) is 31.0. The second-order valence-corrected chi connectivity index (χ2v) is 16.6. The van der Waals surface area contributed by atoms with E-state index >= 15 is 0 Å². The molecule has 1 N–H and O–H groups in total. The molecule has 0 unspecified atom stereocenters. The smallest absolute Gasteiger partial charge is 0.197 e. The summed E-state index contributed by atoms with van der Waals surface area (Å²) in [5.74, 6) is 0. The fourth-order valence-corrected chi connectivity index (χ4v) is 8.34. The highest BCUT2D eigenvalue weighted by Gasteiger charge is 2.29. The summed E-state index contributed by atoms with van der Waals surface area (Å²) in [6.45, 7) is 13.7. The fraction of sp³-hybridized carbons (Fsp3) is 0.167. The van der Waals surface area contributed by atoms with E-state index in [-0.39, 0.29) is 10.8 Å². The zero-order valence-corrected chi connectivity index (χ0v) is 30.6. The van der Waals surface area contributed by atoms with E-state index < -0.39 is 0 Å². The lowest BCUT2D eigenvalue weighted by Gasteiger charge is -2.27. The molecule has 4 heteroatoms. The van der Waals surface area contributed by atoms with Crippen molar-refractivity contribution in [1.82, 2.24) is 4.57 Å². The molecular formula is C48H40BN2O. The molecule has 0 spiro atoms. The van der Waals surface area contributed by atoms with Crippen LogP contribution in [0.4, 0.5) is 11.4 Å². The summed E-state index contributed by atoms with van der Waals surface area (Å²) in [5.41, 5.74) is 15.3. The molecule has 251 valence electrons. The second kappa shape index (κ2) is 10.9. The Morgan fingerprint density at radius 2 is 1.29 bits per heavy atom. The van der Waals surface area contributed by atoms with Gasteiger partial charge in [-0.25, -0.2) is 0 Å². The van der Waals surface area contributed by atoms with Crippen molar-refractivity contribution in [3.8, 4) is 16.8 Å². The van der Waals surface area contributed by atoms with Crippen molar-refractivity contribution in [3.05, 3.63) is 139 Å². The van der Waals surface area contributed by atoms with Crippen LogP contribution in [0.2, 0.25) is 0 Å². The van der Waals surface area contributed by atoms with Crippen molar-refractivity contribution in [2.75, 3.05) is 5.32 Å². The van der Waals surface area contributed by atoms with Gasteiger partial charge in [0.1, 0.15) is 11.2 Å². The van der Waals surface area contributed by atoms with Gasteiger partial charge >= 0.3 is 0 Å². The number of aromatic nitrogens is 1. The summed E-state index contributed by atoms with van der Waals surface area (Å²) < 4.78 is 8.93. The molecule has 0 amide bonds. The van der Waals surface area contributed by atoms with Crippen LogP contribution in [-0.4, -0.2) is 11.8 Å². The Balaban J connectivity index is 1.28. The number of nitrogens with one attached hydrogen (secondary N) is 1. The maximum absolute atomic E-state index is 6.43. The highest BCUT2D eigenvalue weighted by molar-refractivity contribution is 6.73. The third-order valence-electron chi connectivity index (χ3n) is 11.1. The van der Waals surface area contributed by atoms with Crippen LogP contribution >= 0.6 is 0 Å². The lowest BCUT2D eigenvalue weighted by Crippen LogP contribution is -2.38. The third-order valence-corrected chi connectivity index (χ3v) is 11.1. The predicted octanol–water partition coefficient (Wildman–Crippen LogP) is 11.8. The number of rotatable bonds is 3. The van der Waals surface area contributed by atoms with Gasteiger partial charge < -0.3 is 14.3 Å². The topological polar surface area (TPSA) is 30.1 Å². The quantitative estimate of drug-likeness (QED) is 0.190. The number of hydrogen-bond donors (Lipinski definition) is 1. The molecule has 0 saturated carbocycles. The SMILES string of the molecule is CC(C)(C)c1ccc(Nc2cc3ccccc3cc2-c2ccc3c4c5c(ccc4n4c3c2[B]c2cc(C(C)(C)C)ccc2-4)oc2ccccc25)cc1. The first-order valence-electron chi connectivity index (χ1n) is 18.3. The van der Waals surface area contributed by atoms with E-state index in [4.69, 9.17) is 4.42 Å². The molecule has 10 rings (SSSR count). The Morgan fingerprint density at radius 1 is 0.577 bits per heavy atom. The number of benzene rings is 7. The first-order chi connectivity index (χ1) is 25.0. The van der Waals surface area contributed by atoms with E-state index in [0.29, 0.717) is 0 Å². The van der Waals surface area contributed by atoms with E-state index in [1.54, 1.807) is 0 Å². The summed E-state index contributed by atoms with van der Waals surface area (Å²) in [6, 6.07) is 46.8. The van der Waals surface area contributed by atoms with Crippen LogP contribution in [0.5, 0.6) is 0 Å². The molecule has 1 radical (unpaired) electrons. The molecule has 1 aliphatic rings. The Hall–Kier alpha value is -5.74. The molecule has 1 aliphatic heterocycles. The minimum Gasteiger partial charge on any atom is -0.456 e. The van der Waals surface area contributed by atoms with Crippen molar-refractivity contribution in [2.24, 2.45) is 0 Å². The average Bonchev–Trinajstić information content (AvgIpc) is 3.67. The Bertz CT molecular complexity index is 2910. The van der Waals surface area contributed by atoms with Gasteiger partial charge in [0.2, 0.25) is 0 Å². The van der Waals surface area contributed by atoms with Gasteiger partial charge in [-0.15, -0.1) is 0 Å². The fourth-order valence-electron chi connectivity index (χ4n) is 8.34. The maximum atomic E-state index is 6.43. The highest BCUT2D eigenvalue weighted by Crippen LogP contribution is 2.43. The van der Waals surface area contributed by atoms with Crippen LogP contribution in [0.1, 0.15) is 52.7 Å². The number of anilines is 2. The number of para-hydroxylation sites is 1. The molecule has 3 nitrogen and oxygen atoms in total. The molecular weight excluding hydrogens is 631 g/mol. The summed E-state index contributed by atoms with van der Waals surface area (Å²) in [5, 5.41) is 11.1.